The number of hydrogen-bond acceptors (Lipinski definition) is 5. The maximum atomic E-state index is 14.0. The van der Waals surface area contributed by atoms with E-state index < -0.39 is 36.9 Å². The molecule has 4 atom stereocenters. The lowest BCUT2D eigenvalue weighted by Crippen LogP contribution is -2.59. The van der Waals surface area contributed by atoms with Crippen LogP contribution >= 0.6 is 0 Å². The van der Waals surface area contributed by atoms with Crippen LogP contribution in [0.4, 0.5) is 8.78 Å². The highest BCUT2D eigenvalue weighted by molar-refractivity contribution is 5.45. The van der Waals surface area contributed by atoms with Crippen molar-refractivity contribution in [2.75, 3.05) is 6.61 Å². The summed E-state index contributed by atoms with van der Waals surface area (Å²) in [6, 6.07) is 11.1. The third-order valence-corrected chi connectivity index (χ3v) is 5.55. The Labute approximate surface area is 168 Å². The Balaban J connectivity index is 1.94. The number of rotatable bonds is 5. The molecule has 1 fully saturated rings. The molecule has 0 spiro atoms. The van der Waals surface area contributed by atoms with Gasteiger partial charge in [-0.1, -0.05) is 31.2 Å². The highest BCUT2D eigenvalue weighted by Crippen LogP contribution is 2.43. The molecule has 4 N–H and O–H groups in total. The van der Waals surface area contributed by atoms with Crippen LogP contribution in [-0.2, 0) is 17.6 Å². The minimum atomic E-state index is -3.81. The Hall–Kier alpha value is -2.06. The highest BCUT2D eigenvalue weighted by atomic mass is 19.3. The number of ether oxygens (including phenoxy) is 1. The van der Waals surface area contributed by atoms with Crippen molar-refractivity contribution in [2.45, 2.75) is 57.0 Å². The first-order valence-electron chi connectivity index (χ1n) is 9.59. The summed E-state index contributed by atoms with van der Waals surface area (Å²) in [5.41, 5.74) is 3.95. The standard InChI is InChI=1S/C22H26F2O5/c1-3-13-4-6-14(7-5-13)9-15-10-16(17(26)8-12(15)2)20-19(27)21(28)22(23,24)18(11-25)29-20/h4-8,10,18-21,25-28H,3,9,11H2,1-2H3/t18-,19+,20+,21-/m1/s1. The summed E-state index contributed by atoms with van der Waals surface area (Å²) in [5.74, 6) is -4.04. The van der Waals surface area contributed by atoms with Gasteiger partial charge in [0.25, 0.3) is 0 Å². The van der Waals surface area contributed by atoms with Crippen LogP contribution in [0.3, 0.4) is 0 Å². The van der Waals surface area contributed by atoms with E-state index in [1.165, 1.54) is 11.6 Å². The zero-order chi connectivity index (χ0) is 21.3. The molecule has 0 aromatic heterocycles. The summed E-state index contributed by atoms with van der Waals surface area (Å²) in [5, 5.41) is 39.7. The Morgan fingerprint density at radius 1 is 1.07 bits per heavy atom. The monoisotopic (exact) mass is 408 g/mol. The fraction of sp³-hybridized carbons (Fsp3) is 0.455. The molecular formula is C22H26F2O5. The Morgan fingerprint density at radius 2 is 1.69 bits per heavy atom. The lowest BCUT2D eigenvalue weighted by atomic mass is 9.88. The van der Waals surface area contributed by atoms with Crippen molar-refractivity contribution >= 4 is 0 Å². The molecule has 2 aromatic carbocycles. The van der Waals surface area contributed by atoms with Crippen molar-refractivity contribution in [2.24, 2.45) is 0 Å². The maximum Gasteiger partial charge on any atom is 0.303 e. The van der Waals surface area contributed by atoms with Gasteiger partial charge >= 0.3 is 5.92 Å². The van der Waals surface area contributed by atoms with Gasteiger partial charge in [0.05, 0.1) is 6.61 Å². The molecule has 1 aliphatic heterocycles. The number of phenols is 1. The van der Waals surface area contributed by atoms with Gasteiger partial charge in [-0.25, -0.2) is 8.78 Å². The molecule has 1 heterocycles. The lowest BCUT2D eigenvalue weighted by molar-refractivity contribution is -0.296. The van der Waals surface area contributed by atoms with Gasteiger partial charge in [-0.05, 0) is 54.2 Å². The molecule has 0 amide bonds. The largest absolute Gasteiger partial charge is 0.508 e. The second-order valence-electron chi connectivity index (χ2n) is 7.52. The number of aryl methyl sites for hydroxylation is 2. The van der Waals surface area contributed by atoms with E-state index in [2.05, 4.69) is 6.92 Å². The van der Waals surface area contributed by atoms with Gasteiger partial charge in [-0.2, -0.15) is 0 Å². The third kappa shape index (κ3) is 4.14. The number of phenolic OH excluding ortho intramolecular Hbond substituents is 1. The van der Waals surface area contributed by atoms with E-state index >= 15 is 0 Å². The van der Waals surface area contributed by atoms with Crippen LogP contribution in [-0.4, -0.2) is 51.3 Å². The summed E-state index contributed by atoms with van der Waals surface area (Å²) in [6.45, 7) is 2.85. The Bertz CT molecular complexity index is 849. The van der Waals surface area contributed by atoms with Crippen molar-refractivity contribution < 1.29 is 33.9 Å². The topological polar surface area (TPSA) is 90.2 Å². The van der Waals surface area contributed by atoms with Crippen LogP contribution in [0.25, 0.3) is 0 Å². The average molecular weight is 408 g/mol. The zero-order valence-electron chi connectivity index (χ0n) is 16.3. The normalized spacial score (nSPS) is 26.4. The molecule has 158 valence electrons. The van der Waals surface area contributed by atoms with Gasteiger partial charge in [0, 0.05) is 5.56 Å². The zero-order valence-corrected chi connectivity index (χ0v) is 16.3. The molecule has 2 aromatic rings. The van der Waals surface area contributed by atoms with Crippen molar-refractivity contribution in [1.29, 1.82) is 0 Å². The first kappa shape index (κ1) is 21.6. The lowest BCUT2D eigenvalue weighted by Gasteiger charge is -2.42. The molecule has 7 heteroatoms. The van der Waals surface area contributed by atoms with Gasteiger partial charge in [0.15, 0.2) is 0 Å². The molecule has 0 saturated carbocycles. The van der Waals surface area contributed by atoms with Crippen LogP contribution in [0.1, 0.15) is 40.8 Å². The summed E-state index contributed by atoms with van der Waals surface area (Å²) in [7, 11) is 0. The molecule has 0 unspecified atom stereocenters. The van der Waals surface area contributed by atoms with Gasteiger partial charge in [0.2, 0.25) is 0 Å². The summed E-state index contributed by atoms with van der Waals surface area (Å²) in [4.78, 5) is 0. The molecule has 0 radical (unpaired) electrons. The molecule has 0 bridgehead atoms. The molecule has 1 saturated heterocycles. The number of aliphatic hydroxyl groups excluding tert-OH is 3. The Kier molecular flexibility index (Phi) is 6.24. The van der Waals surface area contributed by atoms with E-state index in [-0.39, 0.29) is 11.3 Å². The van der Waals surface area contributed by atoms with Gasteiger partial charge in [-0.15, -0.1) is 0 Å². The SMILES string of the molecule is CCc1ccc(Cc2cc([C@@H]3O[C@H](CO)C(F)(F)[C@H](O)[C@H]3O)c(O)cc2C)cc1. The van der Waals surface area contributed by atoms with E-state index in [1.807, 2.05) is 31.2 Å². The first-order valence-corrected chi connectivity index (χ1v) is 9.59. The van der Waals surface area contributed by atoms with E-state index in [4.69, 9.17) is 4.74 Å². The first-order chi connectivity index (χ1) is 13.7. The van der Waals surface area contributed by atoms with Crippen molar-refractivity contribution in [3.63, 3.8) is 0 Å². The van der Waals surface area contributed by atoms with Gasteiger partial charge < -0.3 is 25.2 Å². The van der Waals surface area contributed by atoms with Crippen LogP contribution in [0.2, 0.25) is 0 Å². The smallest absolute Gasteiger partial charge is 0.303 e. The predicted molar refractivity (Wildman–Crippen MR) is 103 cm³/mol. The van der Waals surface area contributed by atoms with Crippen LogP contribution in [0.15, 0.2) is 36.4 Å². The molecule has 0 aliphatic carbocycles. The summed E-state index contributed by atoms with van der Waals surface area (Å²) < 4.78 is 33.3. The fourth-order valence-electron chi connectivity index (χ4n) is 3.64. The Morgan fingerprint density at radius 3 is 2.28 bits per heavy atom. The molecular weight excluding hydrogens is 382 g/mol. The number of halogens is 2. The molecule has 29 heavy (non-hydrogen) atoms. The maximum absolute atomic E-state index is 14.0. The number of aliphatic hydroxyl groups is 3. The van der Waals surface area contributed by atoms with Crippen molar-refractivity contribution in [3.8, 4) is 5.75 Å². The highest BCUT2D eigenvalue weighted by Gasteiger charge is 2.57. The van der Waals surface area contributed by atoms with E-state index in [0.29, 0.717) is 6.42 Å². The van der Waals surface area contributed by atoms with E-state index in [1.54, 1.807) is 6.07 Å². The van der Waals surface area contributed by atoms with Crippen molar-refractivity contribution in [3.05, 3.63) is 64.2 Å². The van der Waals surface area contributed by atoms with Crippen LogP contribution < -0.4 is 0 Å². The van der Waals surface area contributed by atoms with Crippen LogP contribution in [0.5, 0.6) is 5.75 Å². The number of hydrogen-bond donors (Lipinski definition) is 4. The van der Waals surface area contributed by atoms with Crippen molar-refractivity contribution in [1.82, 2.24) is 0 Å². The van der Waals surface area contributed by atoms with Gasteiger partial charge in [0.1, 0.15) is 30.2 Å². The molecule has 1 aliphatic rings. The number of aromatic hydroxyl groups is 1. The van der Waals surface area contributed by atoms with Crippen LogP contribution in [0, 0.1) is 6.92 Å². The predicted octanol–water partition coefficient (Wildman–Crippen LogP) is 2.64. The van der Waals surface area contributed by atoms with E-state index in [9.17, 15) is 29.2 Å². The molecule has 5 nitrogen and oxygen atoms in total. The number of benzene rings is 2. The third-order valence-electron chi connectivity index (χ3n) is 5.55. The number of alkyl halides is 2. The summed E-state index contributed by atoms with van der Waals surface area (Å²) in [6.07, 6.45) is -6.31. The second kappa shape index (κ2) is 8.36. The minimum Gasteiger partial charge on any atom is -0.508 e. The van der Waals surface area contributed by atoms with E-state index in [0.717, 1.165) is 23.1 Å². The quantitative estimate of drug-likeness (QED) is 0.611. The summed E-state index contributed by atoms with van der Waals surface area (Å²) >= 11 is 0. The average Bonchev–Trinajstić information content (AvgIpc) is 2.69. The fourth-order valence-corrected chi connectivity index (χ4v) is 3.64. The molecule has 3 rings (SSSR count). The van der Waals surface area contributed by atoms with Gasteiger partial charge in [-0.3, -0.25) is 0 Å². The second-order valence-corrected chi connectivity index (χ2v) is 7.52. The minimum absolute atomic E-state index is 0.0938.